The van der Waals surface area contributed by atoms with Gasteiger partial charge in [-0.05, 0) is 19.9 Å². The predicted octanol–water partition coefficient (Wildman–Crippen LogP) is 1.57. The average Bonchev–Trinajstić information content (AvgIpc) is 2.94. The van der Waals surface area contributed by atoms with Crippen molar-refractivity contribution in [1.82, 2.24) is 9.47 Å². The van der Waals surface area contributed by atoms with E-state index < -0.39 is 15.6 Å². The molecule has 1 aromatic carbocycles. The van der Waals surface area contributed by atoms with Gasteiger partial charge in [0.25, 0.3) is 0 Å². The van der Waals surface area contributed by atoms with Gasteiger partial charge in [-0.2, -0.15) is 5.26 Å². The number of morpholine rings is 1. The van der Waals surface area contributed by atoms with Gasteiger partial charge in [0.2, 0.25) is 5.91 Å². The zero-order valence-electron chi connectivity index (χ0n) is 14.8. The Morgan fingerprint density at radius 2 is 1.92 bits per heavy atom. The lowest BCUT2D eigenvalue weighted by atomic mass is 10.2. The topological polar surface area (TPSA) is 92.4 Å². The molecule has 2 unspecified atom stereocenters. The zero-order valence-corrected chi connectivity index (χ0v) is 15.6. The van der Waals surface area contributed by atoms with Crippen molar-refractivity contribution >= 4 is 26.6 Å². The Balaban J connectivity index is 1.94. The van der Waals surface area contributed by atoms with Gasteiger partial charge in [-0.15, -0.1) is 0 Å². The summed E-state index contributed by atoms with van der Waals surface area (Å²) >= 11 is 0. The number of aromatic nitrogens is 1. The number of carbonyl (C=O) groups is 1. The fourth-order valence-electron chi connectivity index (χ4n) is 3.38. The number of fused-ring (bicyclic) bond motifs is 1. The molecule has 2 atom stereocenters. The van der Waals surface area contributed by atoms with Crippen LogP contribution in [0, 0.1) is 11.3 Å². The number of amides is 1. The molecule has 1 aliphatic rings. The Labute approximate surface area is 152 Å². The number of ether oxygens (including phenoxy) is 1. The van der Waals surface area contributed by atoms with E-state index in [1.54, 1.807) is 39.8 Å². The standard InChI is InChI=1S/C18H21N3O4S/c1-13-9-21(10-14(2)25-13)18(22)12-20-11-17(26(23,24)8-7-19)15-5-3-4-6-16(15)20/h3-6,11,13-14H,8-10,12H2,1-2H3. The molecule has 0 N–H and O–H groups in total. The van der Waals surface area contributed by atoms with Crippen LogP contribution in [0.3, 0.4) is 0 Å². The molecule has 0 saturated carbocycles. The van der Waals surface area contributed by atoms with Crippen molar-refractivity contribution in [3.05, 3.63) is 30.5 Å². The maximum atomic E-state index is 12.7. The summed E-state index contributed by atoms with van der Waals surface area (Å²) in [6.07, 6.45) is 1.40. The van der Waals surface area contributed by atoms with Crippen LogP contribution in [0.25, 0.3) is 10.9 Å². The highest BCUT2D eigenvalue weighted by molar-refractivity contribution is 7.91. The number of carbonyl (C=O) groups excluding carboxylic acids is 1. The Bertz CT molecular complexity index is 964. The highest BCUT2D eigenvalue weighted by Crippen LogP contribution is 2.26. The van der Waals surface area contributed by atoms with Crippen LogP contribution < -0.4 is 0 Å². The fraction of sp³-hybridized carbons (Fsp3) is 0.444. The zero-order chi connectivity index (χ0) is 18.9. The van der Waals surface area contributed by atoms with Gasteiger partial charge in [-0.1, -0.05) is 18.2 Å². The van der Waals surface area contributed by atoms with Gasteiger partial charge < -0.3 is 14.2 Å². The first-order valence-electron chi connectivity index (χ1n) is 8.42. The summed E-state index contributed by atoms with van der Waals surface area (Å²) in [5.74, 6) is -0.676. The highest BCUT2D eigenvalue weighted by atomic mass is 32.2. The minimum atomic E-state index is -3.72. The van der Waals surface area contributed by atoms with Gasteiger partial charge >= 0.3 is 0 Å². The van der Waals surface area contributed by atoms with E-state index in [9.17, 15) is 13.2 Å². The van der Waals surface area contributed by atoms with E-state index in [1.165, 1.54) is 6.20 Å². The molecule has 0 aliphatic carbocycles. The average molecular weight is 375 g/mol. The maximum absolute atomic E-state index is 12.7. The first-order chi connectivity index (χ1) is 12.3. The van der Waals surface area contributed by atoms with Crippen molar-refractivity contribution in [3.8, 4) is 6.07 Å². The van der Waals surface area contributed by atoms with Crippen molar-refractivity contribution in [2.45, 2.75) is 37.5 Å². The van der Waals surface area contributed by atoms with E-state index in [-0.39, 0.29) is 29.6 Å². The quantitative estimate of drug-likeness (QED) is 0.809. The third-order valence-corrected chi connectivity index (χ3v) is 5.92. The smallest absolute Gasteiger partial charge is 0.242 e. The van der Waals surface area contributed by atoms with Gasteiger partial charge in [-0.3, -0.25) is 4.79 Å². The van der Waals surface area contributed by atoms with Crippen molar-refractivity contribution in [2.24, 2.45) is 0 Å². The predicted molar refractivity (Wildman–Crippen MR) is 96.2 cm³/mol. The molecule has 2 aromatic rings. The van der Waals surface area contributed by atoms with Crippen molar-refractivity contribution in [1.29, 1.82) is 5.26 Å². The summed E-state index contributed by atoms with van der Waals surface area (Å²) in [6, 6.07) is 8.70. The normalized spacial score (nSPS) is 20.9. The van der Waals surface area contributed by atoms with E-state index in [4.69, 9.17) is 10.00 Å². The largest absolute Gasteiger partial charge is 0.372 e. The van der Waals surface area contributed by atoms with Gasteiger partial charge in [0, 0.05) is 30.2 Å². The summed E-state index contributed by atoms with van der Waals surface area (Å²) in [4.78, 5) is 14.6. The van der Waals surface area contributed by atoms with Crippen LogP contribution >= 0.6 is 0 Å². The fourth-order valence-corrected chi connectivity index (χ4v) is 4.50. The molecule has 1 fully saturated rings. The first kappa shape index (κ1) is 18.4. The molecule has 1 amide bonds. The van der Waals surface area contributed by atoms with E-state index >= 15 is 0 Å². The second-order valence-electron chi connectivity index (χ2n) is 6.61. The number of para-hydroxylation sites is 1. The molecular formula is C18H21N3O4S. The molecule has 2 heterocycles. The summed E-state index contributed by atoms with van der Waals surface area (Å²) < 4.78 is 32.1. The van der Waals surface area contributed by atoms with E-state index in [2.05, 4.69) is 0 Å². The van der Waals surface area contributed by atoms with Gasteiger partial charge in [0.05, 0.1) is 23.2 Å². The number of rotatable bonds is 4. The third-order valence-electron chi connectivity index (χ3n) is 4.42. The van der Waals surface area contributed by atoms with Crippen molar-refractivity contribution in [2.75, 3.05) is 18.8 Å². The van der Waals surface area contributed by atoms with Crippen LogP contribution in [0.15, 0.2) is 35.4 Å². The molecule has 7 nitrogen and oxygen atoms in total. The highest BCUT2D eigenvalue weighted by Gasteiger charge is 2.27. The molecule has 138 valence electrons. The summed E-state index contributed by atoms with van der Waals surface area (Å²) in [6.45, 7) is 4.92. The lowest BCUT2D eigenvalue weighted by molar-refractivity contribution is -0.143. The third kappa shape index (κ3) is 3.59. The molecule has 1 aromatic heterocycles. The van der Waals surface area contributed by atoms with Gasteiger partial charge in [0.1, 0.15) is 12.3 Å². The van der Waals surface area contributed by atoms with Gasteiger partial charge in [0.15, 0.2) is 9.84 Å². The second-order valence-corrected chi connectivity index (χ2v) is 8.57. The van der Waals surface area contributed by atoms with Crippen LogP contribution in [0.4, 0.5) is 0 Å². The lowest BCUT2D eigenvalue weighted by Gasteiger charge is -2.35. The number of hydrogen-bond donors (Lipinski definition) is 0. The molecule has 0 radical (unpaired) electrons. The first-order valence-corrected chi connectivity index (χ1v) is 10.1. The minimum absolute atomic E-state index is 0.0318. The van der Waals surface area contributed by atoms with E-state index in [0.717, 1.165) is 0 Å². The van der Waals surface area contributed by atoms with Crippen LogP contribution in [0.5, 0.6) is 0 Å². The van der Waals surface area contributed by atoms with Crippen LogP contribution in [-0.4, -0.2) is 54.8 Å². The Morgan fingerprint density at radius 3 is 2.58 bits per heavy atom. The van der Waals surface area contributed by atoms with Crippen molar-refractivity contribution < 1.29 is 17.9 Å². The molecule has 0 spiro atoms. The number of nitriles is 1. The summed E-state index contributed by atoms with van der Waals surface area (Å²) in [7, 11) is -3.72. The molecule has 1 saturated heterocycles. The molecule has 3 rings (SSSR count). The minimum Gasteiger partial charge on any atom is -0.372 e. The number of sulfone groups is 1. The summed E-state index contributed by atoms with van der Waals surface area (Å²) in [5, 5.41) is 9.33. The van der Waals surface area contributed by atoms with Crippen LogP contribution in [-0.2, 0) is 25.9 Å². The second kappa shape index (κ2) is 7.09. The molecule has 8 heteroatoms. The van der Waals surface area contributed by atoms with Crippen LogP contribution in [0.1, 0.15) is 13.8 Å². The van der Waals surface area contributed by atoms with Gasteiger partial charge in [-0.25, -0.2) is 8.42 Å². The Hall–Kier alpha value is -2.37. The van der Waals surface area contributed by atoms with E-state index in [0.29, 0.717) is 24.0 Å². The molecule has 26 heavy (non-hydrogen) atoms. The van der Waals surface area contributed by atoms with Crippen LogP contribution in [0.2, 0.25) is 0 Å². The van der Waals surface area contributed by atoms with Crippen molar-refractivity contribution in [3.63, 3.8) is 0 Å². The SMILES string of the molecule is CC1CN(C(=O)Cn2cc(S(=O)(=O)CC#N)c3ccccc32)CC(C)O1. The maximum Gasteiger partial charge on any atom is 0.242 e. The molecule has 1 aliphatic heterocycles. The number of nitrogens with zero attached hydrogens (tertiary/aromatic N) is 3. The van der Waals surface area contributed by atoms with E-state index in [1.807, 2.05) is 13.8 Å². The molecule has 0 bridgehead atoms. The molecular weight excluding hydrogens is 354 g/mol. The Kier molecular flexibility index (Phi) is 5.03. The number of benzene rings is 1. The number of hydrogen-bond acceptors (Lipinski definition) is 5. The lowest BCUT2D eigenvalue weighted by Crippen LogP contribution is -2.49. The summed E-state index contributed by atoms with van der Waals surface area (Å²) in [5.41, 5.74) is 0.659. The monoisotopic (exact) mass is 375 g/mol. The Morgan fingerprint density at radius 1 is 1.27 bits per heavy atom.